The number of rotatable bonds is 3. The van der Waals surface area contributed by atoms with E-state index in [0.717, 1.165) is 4.90 Å². The van der Waals surface area contributed by atoms with Crippen LogP contribution in [0.3, 0.4) is 0 Å². The van der Waals surface area contributed by atoms with Gasteiger partial charge in [-0.25, -0.2) is 9.18 Å². The molecule has 1 fully saturated rings. The van der Waals surface area contributed by atoms with Gasteiger partial charge in [0, 0.05) is 5.56 Å². The number of hydrogen-bond donors (Lipinski definition) is 1. The summed E-state index contributed by atoms with van der Waals surface area (Å²) in [6.45, 7) is -0.0685. The third-order valence-electron chi connectivity index (χ3n) is 3.29. The Balaban J connectivity index is 1.88. The molecule has 2 aromatic rings. The topological polar surface area (TPSA) is 79.6 Å². The maximum atomic E-state index is 12.9. The summed E-state index contributed by atoms with van der Waals surface area (Å²) < 4.78 is 17.8. The van der Waals surface area contributed by atoms with Gasteiger partial charge in [0.05, 0.1) is 19.1 Å². The number of imide groups is 2. The molecule has 2 heterocycles. The minimum absolute atomic E-state index is 0.0685. The zero-order valence-electron chi connectivity index (χ0n) is 11.8. The summed E-state index contributed by atoms with van der Waals surface area (Å²) in [5.41, 5.74) is 0.916. The van der Waals surface area contributed by atoms with Crippen LogP contribution in [-0.2, 0) is 16.1 Å². The Bertz CT molecular complexity index is 794. The monoisotopic (exact) mass is 314 g/mol. The van der Waals surface area contributed by atoms with E-state index in [2.05, 4.69) is 5.32 Å². The van der Waals surface area contributed by atoms with Crippen LogP contribution in [0.5, 0.6) is 0 Å². The van der Waals surface area contributed by atoms with Crippen molar-refractivity contribution in [2.75, 3.05) is 0 Å². The Morgan fingerprint density at radius 1 is 1.13 bits per heavy atom. The average molecular weight is 314 g/mol. The maximum absolute atomic E-state index is 12.9. The number of nitrogens with zero attached hydrogens (tertiary/aromatic N) is 1. The summed E-state index contributed by atoms with van der Waals surface area (Å²) >= 11 is 0. The van der Waals surface area contributed by atoms with Gasteiger partial charge in [0.1, 0.15) is 11.4 Å². The van der Waals surface area contributed by atoms with Crippen LogP contribution in [0.25, 0.3) is 6.08 Å². The van der Waals surface area contributed by atoms with E-state index in [0.29, 0.717) is 11.1 Å². The molecule has 1 aromatic heterocycles. The van der Waals surface area contributed by atoms with Crippen molar-refractivity contribution < 1.29 is 23.2 Å². The van der Waals surface area contributed by atoms with Crippen molar-refractivity contribution in [2.45, 2.75) is 6.54 Å². The molecule has 0 radical (unpaired) electrons. The summed E-state index contributed by atoms with van der Waals surface area (Å²) in [5.74, 6) is -1.90. The molecule has 1 aliphatic rings. The number of hydrogen-bond acceptors (Lipinski definition) is 4. The van der Waals surface area contributed by atoms with Crippen molar-refractivity contribution in [1.29, 1.82) is 0 Å². The molecule has 4 amide bonds. The van der Waals surface area contributed by atoms with Gasteiger partial charge in [-0.15, -0.1) is 0 Å². The van der Waals surface area contributed by atoms with E-state index < -0.39 is 23.7 Å². The highest BCUT2D eigenvalue weighted by atomic mass is 19.1. The molecule has 0 unspecified atom stereocenters. The molecule has 1 N–H and O–H groups in total. The number of nitrogens with one attached hydrogen (secondary N) is 1. The van der Waals surface area contributed by atoms with Gasteiger partial charge in [-0.1, -0.05) is 12.1 Å². The number of amides is 4. The Kier molecular flexibility index (Phi) is 3.76. The minimum Gasteiger partial charge on any atom is -0.472 e. The van der Waals surface area contributed by atoms with Crippen LogP contribution in [0.4, 0.5) is 9.18 Å². The number of carbonyl (C=O) groups excluding carboxylic acids is 3. The van der Waals surface area contributed by atoms with Crippen LogP contribution in [0.15, 0.2) is 52.8 Å². The van der Waals surface area contributed by atoms with Crippen LogP contribution < -0.4 is 5.32 Å². The third kappa shape index (κ3) is 3.03. The lowest BCUT2D eigenvalue weighted by Gasteiger charge is -2.26. The molecule has 6 nitrogen and oxygen atoms in total. The van der Waals surface area contributed by atoms with Crippen molar-refractivity contribution in [1.82, 2.24) is 10.2 Å². The van der Waals surface area contributed by atoms with Crippen molar-refractivity contribution in [3.63, 3.8) is 0 Å². The molecule has 23 heavy (non-hydrogen) atoms. The quantitative estimate of drug-likeness (QED) is 0.695. The standard InChI is InChI=1S/C16H11FN2O4/c17-12-3-1-10(2-4-12)8-19-15(21)13(14(20)18-16(19)22)7-11-5-6-23-9-11/h1-7,9H,8H2,(H,18,20,22)/b13-7+. The third-order valence-corrected chi connectivity index (χ3v) is 3.29. The first-order chi connectivity index (χ1) is 11.0. The first-order valence-electron chi connectivity index (χ1n) is 6.70. The smallest absolute Gasteiger partial charge is 0.331 e. The predicted octanol–water partition coefficient (Wildman–Crippen LogP) is 2.08. The van der Waals surface area contributed by atoms with Gasteiger partial charge in [0.2, 0.25) is 0 Å². The zero-order chi connectivity index (χ0) is 16.4. The Morgan fingerprint density at radius 2 is 1.87 bits per heavy atom. The van der Waals surface area contributed by atoms with E-state index in [1.54, 1.807) is 6.07 Å². The molecular weight excluding hydrogens is 303 g/mol. The highest BCUT2D eigenvalue weighted by molar-refractivity contribution is 6.30. The van der Waals surface area contributed by atoms with Gasteiger partial charge in [-0.05, 0) is 29.8 Å². The molecule has 7 heteroatoms. The highest BCUT2D eigenvalue weighted by Crippen LogP contribution is 2.17. The largest absolute Gasteiger partial charge is 0.472 e. The van der Waals surface area contributed by atoms with Gasteiger partial charge < -0.3 is 4.42 Å². The van der Waals surface area contributed by atoms with Crippen LogP contribution in [-0.4, -0.2) is 22.7 Å². The first-order valence-corrected chi connectivity index (χ1v) is 6.70. The zero-order valence-corrected chi connectivity index (χ0v) is 11.8. The molecule has 116 valence electrons. The lowest BCUT2D eigenvalue weighted by molar-refractivity contribution is -0.130. The number of benzene rings is 1. The second-order valence-electron chi connectivity index (χ2n) is 4.89. The van der Waals surface area contributed by atoms with E-state index in [4.69, 9.17) is 4.42 Å². The summed E-state index contributed by atoms with van der Waals surface area (Å²) in [6.07, 6.45) is 4.11. The van der Waals surface area contributed by atoms with E-state index in [-0.39, 0.29) is 12.1 Å². The minimum atomic E-state index is -0.811. The summed E-state index contributed by atoms with van der Waals surface area (Å²) in [7, 11) is 0. The number of furan rings is 1. The summed E-state index contributed by atoms with van der Waals surface area (Å²) in [4.78, 5) is 37.0. The Hall–Kier alpha value is -3.22. The fourth-order valence-corrected chi connectivity index (χ4v) is 2.13. The van der Waals surface area contributed by atoms with Crippen molar-refractivity contribution in [2.24, 2.45) is 0 Å². The number of barbiturate groups is 1. The molecule has 1 saturated heterocycles. The van der Waals surface area contributed by atoms with Crippen LogP contribution in [0, 0.1) is 5.82 Å². The van der Waals surface area contributed by atoms with E-state index >= 15 is 0 Å². The number of halogens is 1. The number of carbonyl (C=O) groups is 3. The predicted molar refractivity (Wildman–Crippen MR) is 77.2 cm³/mol. The summed E-state index contributed by atoms with van der Waals surface area (Å²) in [5, 5.41) is 2.11. The lowest BCUT2D eigenvalue weighted by Crippen LogP contribution is -2.53. The van der Waals surface area contributed by atoms with Gasteiger partial charge in [-0.3, -0.25) is 19.8 Å². The molecule has 0 atom stereocenters. The number of urea groups is 1. The van der Waals surface area contributed by atoms with Gasteiger partial charge in [0.25, 0.3) is 11.8 Å². The highest BCUT2D eigenvalue weighted by Gasteiger charge is 2.35. The molecular formula is C16H11FN2O4. The molecule has 1 aliphatic heterocycles. The van der Waals surface area contributed by atoms with E-state index in [1.807, 2.05) is 0 Å². The van der Waals surface area contributed by atoms with Crippen molar-refractivity contribution >= 4 is 23.9 Å². The van der Waals surface area contributed by atoms with Gasteiger partial charge in [0.15, 0.2) is 0 Å². The molecule has 0 aliphatic carbocycles. The van der Waals surface area contributed by atoms with E-state index in [1.165, 1.54) is 42.9 Å². The Morgan fingerprint density at radius 3 is 2.52 bits per heavy atom. The van der Waals surface area contributed by atoms with Crippen LogP contribution in [0.1, 0.15) is 11.1 Å². The second kappa shape index (κ2) is 5.88. The van der Waals surface area contributed by atoms with Crippen molar-refractivity contribution in [3.8, 4) is 0 Å². The molecule has 3 rings (SSSR count). The summed E-state index contributed by atoms with van der Waals surface area (Å²) in [6, 6.07) is 6.16. The van der Waals surface area contributed by atoms with Crippen molar-refractivity contribution in [3.05, 3.63) is 65.4 Å². The second-order valence-corrected chi connectivity index (χ2v) is 4.89. The SMILES string of the molecule is O=C1NC(=O)N(Cc2ccc(F)cc2)C(=O)/C1=C/c1ccoc1. The lowest BCUT2D eigenvalue weighted by atomic mass is 10.1. The maximum Gasteiger partial charge on any atom is 0.331 e. The normalized spacial score (nSPS) is 16.8. The van der Waals surface area contributed by atoms with Crippen LogP contribution in [0.2, 0.25) is 0 Å². The first kappa shape index (κ1) is 14.7. The average Bonchev–Trinajstić information content (AvgIpc) is 3.03. The van der Waals surface area contributed by atoms with Gasteiger partial charge >= 0.3 is 6.03 Å². The fourth-order valence-electron chi connectivity index (χ4n) is 2.13. The molecule has 0 spiro atoms. The molecule has 0 saturated carbocycles. The van der Waals surface area contributed by atoms with E-state index in [9.17, 15) is 18.8 Å². The van der Waals surface area contributed by atoms with Gasteiger partial charge in [-0.2, -0.15) is 0 Å². The van der Waals surface area contributed by atoms with Crippen LogP contribution >= 0.6 is 0 Å². The Labute approximate surface area is 130 Å². The fraction of sp³-hybridized carbons (Fsp3) is 0.0625. The molecule has 1 aromatic carbocycles. The molecule has 0 bridgehead atoms.